The molecule has 0 aromatic heterocycles. The third-order valence-corrected chi connectivity index (χ3v) is 6.92. The van der Waals surface area contributed by atoms with Crippen LogP contribution in [-0.4, -0.2) is 5.78 Å². The summed E-state index contributed by atoms with van der Waals surface area (Å²) in [6.07, 6.45) is 3.93. The van der Waals surface area contributed by atoms with Gasteiger partial charge in [0.25, 0.3) is 0 Å². The largest absolute Gasteiger partial charge is 0.294 e. The summed E-state index contributed by atoms with van der Waals surface area (Å²) >= 11 is 0. The molecule has 154 valence electrons. The maximum Gasteiger partial charge on any atom is 0.167 e. The maximum atomic E-state index is 14.0. The van der Waals surface area contributed by atoms with E-state index in [1.54, 1.807) is 0 Å². The number of hydrogen-bond donors (Lipinski definition) is 0. The van der Waals surface area contributed by atoms with Crippen molar-refractivity contribution in [2.24, 2.45) is 11.8 Å². The van der Waals surface area contributed by atoms with Gasteiger partial charge in [0.15, 0.2) is 5.78 Å². The fourth-order valence-electron chi connectivity index (χ4n) is 5.16. The van der Waals surface area contributed by atoms with Crippen LogP contribution in [-0.2, 0) is 19.3 Å². The van der Waals surface area contributed by atoms with Crippen LogP contribution in [0.2, 0.25) is 0 Å². The Morgan fingerprint density at radius 2 is 1.55 bits per heavy atom. The smallest absolute Gasteiger partial charge is 0.167 e. The zero-order valence-electron chi connectivity index (χ0n) is 18.1. The van der Waals surface area contributed by atoms with Crippen molar-refractivity contribution in [1.82, 2.24) is 0 Å². The maximum absolute atomic E-state index is 14.0. The molecule has 4 aromatic carbocycles. The highest BCUT2D eigenvalue weighted by molar-refractivity contribution is 6.09. The summed E-state index contributed by atoms with van der Waals surface area (Å²) in [5.41, 5.74) is 6.24. The van der Waals surface area contributed by atoms with Crippen LogP contribution in [0.1, 0.15) is 39.0 Å². The summed E-state index contributed by atoms with van der Waals surface area (Å²) in [4.78, 5) is 14.0. The van der Waals surface area contributed by atoms with Crippen molar-refractivity contribution in [2.75, 3.05) is 0 Å². The highest BCUT2D eigenvalue weighted by Gasteiger charge is 2.32. The van der Waals surface area contributed by atoms with Gasteiger partial charge in [0.2, 0.25) is 0 Å². The fraction of sp³-hybridized carbons (Fsp3) is 0.233. The number of carbonyl (C=O) groups is 1. The summed E-state index contributed by atoms with van der Waals surface area (Å²) in [6, 6.07) is 31.8. The second-order valence-electron chi connectivity index (χ2n) is 8.96. The topological polar surface area (TPSA) is 17.1 Å². The highest BCUT2D eigenvalue weighted by Crippen LogP contribution is 2.35. The number of benzene rings is 4. The quantitative estimate of drug-likeness (QED) is 0.327. The van der Waals surface area contributed by atoms with Crippen molar-refractivity contribution in [1.29, 1.82) is 0 Å². The van der Waals surface area contributed by atoms with Gasteiger partial charge in [-0.15, -0.1) is 0 Å². The Morgan fingerprint density at radius 1 is 0.839 bits per heavy atom. The summed E-state index contributed by atoms with van der Waals surface area (Å²) in [6.45, 7) is 2.11. The van der Waals surface area contributed by atoms with Gasteiger partial charge in [-0.2, -0.15) is 0 Å². The highest BCUT2D eigenvalue weighted by atomic mass is 16.1. The van der Waals surface area contributed by atoms with Crippen LogP contribution in [0.3, 0.4) is 0 Å². The van der Waals surface area contributed by atoms with Crippen LogP contribution in [0.5, 0.6) is 0 Å². The van der Waals surface area contributed by atoms with Crippen molar-refractivity contribution in [2.45, 2.75) is 32.6 Å². The molecule has 0 fully saturated rings. The van der Waals surface area contributed by atoms with E-state index in [1.165, 1.54) is 22.3 Å². The van der Waals surface area contributed by atoms with E-state index in [-0.39, 0.29) is 5.92 Å². The lowest BCUT2D eigenvalue weighted by atomic mass is 9.72. The Kier molecular flexibility index (Phi) is 5.42. The Morgan fingerprint density at radius 3 is 2.39 bits per heavy atom. The van der Waals surface area contributed by atoms with E-state index in [0.29, 0.717) is 11.7 Å². The van der Waals surface area contributed by atoms with Crippen LogP contribution >= 0.6 is 0 Å². The van der Waals surface area contributed by atoms with Gasteiger partial charge in [0.05, 0.1) is 0 Å². The number of rotatable bonds is 5. The molecule has 0 amide bonds. The molecule has 0 bridgehead atoms. The van der Waals surface area contributed by atoms with E-state index >= 15 is 0 Å². The second kappa shape index (κ2) is 8.51. The van der Waals surface area contributed by atoms with Crippen molar-refractivity contribution in [3.63, 3.8) is 0 Å². The zero-order chi connectivity index (χ0) is 21.2. The predicted octanol–water partition coefficient (Wildman–Crippen LogP) is 6.99. The number of ketones is 1. The SMILES string of the molecule is Cc1ccc(CC(C(=O)c2cccc3ccccc23)C2CCc3ccccc3C2)cc1. The van der Waals surface area contributed by atoms with E-state index in [1.807, 2.05) is 24.3 Å². The summed E-state index contributed by atoms with van der Waals surface area (Å²) < 4.78 is 0. The summed E-state index contributed by atoms with van der Waals surface area (Å²) in [7, 11) is 0. The Bertz CT molecular complexity index is 1210. The molecule has 5 rings (SSSR count). The van der Waals surface area contributed by atoms with E-state index in [2.05, 4.69) is 73.7 Å². The number of fused-ring (bicyclic) bond motifs is 2. The first-order chi connectivity index (χ1) is 15.2. The van der Waals surface area contributed by atoms with Gasteiger partial charge in [0.1, 0.15) is 0 Å². The van der Waals surface area contributed by atoms with Crippen LogP contribution in [0.4, 0.5) is 0 Å². The molecule has 1 nitrogen and oxygen atoms in total. The van der Waals surface area contributed by atoms with Crippen molar-refractivity contribution in [3.05, 3.63) is 119 Å². The van der Waals surface area contributed by atoms with Gasteiger partial charge in [-0.25, -0.2) is 0 Å². The molecule has 4 aromatic rings. The molecule has 0 saturated heterocycles. The molecule has 0 radical (unpaired) electrons. The Labute approximate surface area is 184 Å². The van der Waals surface area contributed by atoms with Gasteiger partial charge in [0, 0.05) is 11.5 Å². The van der Waals surface area contributed by atoms with Crippen molar-refractivity contribution < 1.29 is 4.79 Å². The van der Waals surface area contributed by atoms with E-state index in [4.69, 9.17) is 0 Å². The molecule has 1 aliphatic rings. The molecule has 0 heterocycles. The third kappa shape index (κ3) is 4.05. The standard InChI is InChI=1S/C30H28O/c1-21-13-15-22(16-14-21)19-29(26-18-17-23-7-2-3-9-25(23)20-26)30(31)28-12-6-10-24-8-4-5-11-27(24)28/h2-16,26,29H,17-20H2,1H3. The predicted molar refractivity (Wildman–Crippen MR) is 129 cm³/mol. The van der Waals surface area contributed by atoms with Crippen LogP contribution in [0, 0.1) is 18.8 Å². The number of aryl methyl sites for hydroxylation is 2. The first-order valence-electron chi connectivity index (χ1n) is 11.3. The van der Waals surface area contributed by atoms with Crippen molar-refractivity contribution in [3.8, 4) is 0 Å². The average molecular weight is 405 g/mol. The monoisotopic (exact) mass is 404 g/mol. The lowest BCUT2D eigenvalue weighted by molar-refractivity contribution is 0.0862. The molecule has 2 atom stereocenters. The molecule has 0 saturated carbocycles. The molecule has 0 N–H and O–H groups in total. The molecular formula is C30H28O. The van der Waals surface area contributed by atoms with Gasteiger partial charge in [-0.05, 0) is 66.0 Å². The molecule has 2 unspecified atom stereocenters. The van der Waals surface area contributed by atoms with E-state index < -0.39 is 0 Å². The van der Waals surface area contributed by atoms with E-state index in [0.717, 1.165) is 42.0 Å². The van der Waals surface area contributed by atoms with Gasteiger partial charge in [-0.3, -0.25) is 4.79 Å². The number of Topliss-reactive ketones (excluding diaryl/α,β-unsaturated/α-hetero) is 1. The van der Waals surface area contributed by atoms with Crippen LogP contribution in [0.15, 0.2) is 91.0 Å². The molecule has 1 heteroatoms. The van der Waals surface area contributed by atoms with Crippen molar-refractivity contribution >= 4 is 16.6 Å². The Hall–Kier alpha value is -3.19. The average Bonchev–Trinajstić information content (AvgIpc) is 2.82. The first kappa shape index (κ1) is 19.8. The fourth-order valence-corrected chi connectivity index (χ4v) is 5.16. The summed E-state index contributed by atoms with van der Waals surface area (Å²) in [5, 5.41) is 2.21. The zero-order valence-corrected chi connectivity index (χ0v) is 18.1. The number of carbonyl (C=O) groups excluding carboxylic acids is 1. The van der Waals surface area contributed by atoms with Gasteiger partial charge < -0.3 is 0 Å². The van der Waals surface area contributed by atoms with Gasteiger partial charge >= 0.3 is 0 Å². The lowest BCUT2D eigenvalue weighted by Gasteiger charge is -2.31. The normalized spacial score (nSPS) is 16.6. The van der Waals surface area contributed by atoms with Crippen LogP contribution < -0.4 is 0 Å². The van der Waals surface area contributed by atoms with Gasteiger partial charge in [-0.1, -0.05) is 96.6 Å². The molecule has 0 aliphatic heterocycles. The molecular weight excluding hydrogens is 376 g/mol. The van der Waals surface area contributed by atoms with E-state index in [9.17, 15) is 4.79 Å². The lowest BCUT2D eigenvalue weighted by Crippen LogP contribution is -2.30. The minimum atomic E-state index is -0.0122. The molecule has 0 spiro atoms. The second-order valence-corrected chi connectivity index (χ2v) is 8.96. The first-order valence-corrected chi connectivity index (χ1v) is 11.3. The molecule has 31 heavy (non-hydrogen) atoms. The Balaban J connectivity index is 1.53. The van der Waals surface area contributed by atoms with Crippen LogP contribution in [0.25, 0.3) is 10.8 Å². The molecule has 1 aliphatic carbocycles. The summed E-state index contributed by atoms with van der Waals surface area (Å²) in [5.74, 6) is 0.645. The third-order valence-electron chi connectivity index (χ3n) is 6.92. The number of hydrogen-bond acceptors (Lipinski definition) is 1. The minimum Gasteiger partial charge on any atom is -0.294 e. The minimum absolute atomic E-state index is 0.0122.